The Bertz CT molecular complexity index is 372. The molecule has 1 N–H and O–H groups in total. The summed E-state index contributed by atoms with van der Waals surface area (Å²) in [5.41, 5.74) is 1.08. The summed E-state index contributed by atoms with van der Waals surface area (Å²) in [6.07, 6.45) is 2.19. The molecule has 0 spiro atoms. The first-order chi connectivity index (χ1) is 7.70. The fraction of sp³-hybridized carbons (Fsp3) is 0.500. The van der Waals surface area contributed by atoms with Crippen LogP contribution in [0.2, 0.25) is 0 Å². The van der Waals surface area contributed by atoms with Gasteiger partial charge in [0.15, 0.2) is 0 Å². The van der Waals surface area contributed by atoms with Crippen molar-refractivity contribution in [2.45, 2.75) is 25.4 Å². The predicted octanol–water partition coefficient (Wildman–Crippen LogP) is 2.54. The van der Waals surface area contributed by atoms with Gasteiger partial charge in [0.25, 0.3) is 0 Å². The largest absolute Gasteiger partial charge is 0.395 e. The fourth-order valence-corrected chi connectivity index (χ4v) is 2.61. The third kappa shape index (κ3) is 2.62. The zero-order chi connectivity index (χ0) is 11.5. The summed E-state index contributed by atoms with van der Waals surface area (Å²) in [6.45, 7) is 2.01. The molecule has 88 valence electrons. The van der Waals surface area contributed by atoms with Gasteiger partial charge >= 0.3 is 0 Å². The van der Waals surface area contributed by atoms with E-state index in [1.165, 1.54) is 6.07 Å². The van der Waals surface area contributed by atoms with Gasteiger partial charge in [0, 0.05) is 12.6 Å². The van der Waals surface area contributed by atoms with Crippen molar-refractivity contribution >= 4 is 15.9 Å². The monoisotopic (exact) mass is 287 g/mol. The molecule has 0 amide bonds. The molecule has 1 atom stereocenters. The van der Waals surface area contributed by atoms with Crippen molar-refractivity contribution in [1.29, 1.82) is 0 Å². The number of benzene rings is 1. The Balaban J connectivity index is 2.05. The summed E-state index contributed by atoms with van der Waals surface area (Å²) in [5, 5.41) is 9.20. The lowest BCUT2D eigenvalue weighted by Gasteiger charge is -2.22. The zero-order valence-electron chi connectivity index (χ0n) is 9.00. The number of hydrogen-bond acceptors (Lipinski definition) is 2. The van der Waals surface area contributed by atoms with Gasteiger partial charge in [0.1, 0.15) is 5.82 Å². The van der Waals surface area contributed by atoms with Gasteiger partial charge in [0.2, 0.25) is 0 Å². The van der Waals surface area contributed by atoms with Crippen molar-refractivity contribution in [1.82, 2.24) is 4.90 Å². The lowest BCUT2D eigenvalue weighted by atomic mass is 10.2. The van der Waals surface area contributed by atoms with E-state index >= 15 is 0 Å². The second-order valence-corrected chi connectivity index (χ2v) is 5.05. The Hall–Kier alpha value is -0.450. The number of aliphatic hydroxyl groups excluding tert-OH is 1. The molecule has 1 heterocycles. The molecule has 1 fully saturated rings. The Morgan fingerprint density at radius 2 is 2.31 bits per heavy atom. The van der Waals surface area contributed by atoms with E-state index < -0.39 is 0 Å². The second-order valence-electron chi connectivity index (χ2n) is 4.20. The Morgan fingerprint density at radius 3 is 3.00 bits per heavy atom. The number of likely N-dealkylation sites (tertiary alicyclic amines) is 1. The van der Waals surface area contributed by atoms with Gasteiger partial charge in [-0.3, -0.25) is 4.90 Å². The van der Waals surface area contributed by atoms with Crippen molar-refractivity contribution < 1.29 is 9.50 Å². The summed E-state index contributed by atoms with van der Waals surface area (Å²) in [7, 11) is 0. The molecule has 0 saturated carbocycles. The molecule has 0 aliphatic carbocycles. The first kappa shape index (κ1) is 12.0. The minimum atomic E-state index is -0.233. The number of halogens is 2. The van der Waals surface area contributed by atoms with Gasteiger partial charge in [-0.15, -0.1) is 0 Å². The van der Waals surface area contributed by atoms with Crippen molar-refractivity contribution in [3.05, 3.63) is 34.1 Å². The number of aliphatic hydroxyl groups is 1. The number of nitrogens with zero attached hydrogens (tertiary/aromatic N) is 1. The van der Waals surface area contributed by atoms with E-state index in [4.69, 9.17) is 0 Å². The molecule has 1 aromatic carbocycles. The van der Waals surface area contributed by atoms with Crippen LogP contribution in [0.25, 0.3) is 0 Å². The first-order valence-electron chi connectivity index (χ1n) is 5.49. The predicted molar refractivity (Wildman–Crippen MR) is 64.6 cm³/mol. The zero-order valence-corrected chi connectivity index (χ0v) is 10.6. The molecule has 0 unspecified atom stereocenters. The van der Waals surface area contributed by atoms with Crippen molar-refractivity contribution in [3.8, 4) is 0 Å². The third-order valence-electron chi connectivity index (χ3n) is 3.08. The van der Waals surface area contributed by atoms with Crippen LogP contribution in [0.15, 0.2) is 22.7 Å². The smallest absolute Gasteiger partial charge is 0.137 e. The van der Waals surface area contributed by atoms with Gasteiger partial charge in [0.05, 0.1) is 11.1 Å². The molecule has 4 heteroatoms. The highest BCUT2D eigenvalue weighted by atomic mass is 79.9. The summed E-state index contributed by atoms with van der Waals surface area (Å²) in [4.78, 5) is 2.25. The quantitative estimate of drug-likeness (QED) is 0.924. The van der Waals surface area contributed by atoms with Gasteiger partial charge in [-0.25, -0.2) is 4.39 Å². The van der Waals surface area contributed by atoms with Crippen LogP contribution in [-0.4, -0.2) is 29.2 Å². The minimum Gasteiger partial charge on any atom is -0.395 e. The molecule has 16 heavy (non-hydrogen) atoms. The molecular formula is C12H15BrFNO. The highest BCUT2D eigenvalue weighted by Gasteiger charge is 2.23. The molecule has 0 aromatic heterocycles. The maximum atomic E-state index is 13.1. The molecule has 0 radical (unpaired) electrons. The van der Waals surface area contributed by atoms with Gasteiger partial charge in [-0.1, -0.05) is 6.07 Å². The molecule has 1 aromatic rings. The van der Waals surface area contributed by atoms with Crippen molar-refractivity contribution in [3.63, 3.8) is 0 Å². The van der Waals surface area contributed by atoms with Crippen molar-refractivity contribution in [2.75, 3.05) is 13.2 Å². The molecule has 0 bridgehead atoms. The molecule has 1 aliphatic heterocycles. The molecule has 1 saturated heterocycles. The van der Waals surface area contributed by atoms with Crippen LogP contribution in [0.1, 0.15) is 18.4 Å². The minimum absolute atomic E-state index is 0.211. The average molecular weight is 288 g/mol. The van der Waals surface area contributed by atoms with E-state index in [1.54, 1.807) is 6.07 Å². The van der Waals surface area contributed by atoms with Crippen LogP contribution in [0.3, 0.4) is 0 Å². The molecule has 1 aliphatic rings. The van der Waals surface area contributed by atoms with Crippen molar-refractivity contribution in [2.24, 2.45) is 0 Å². The van der Waals surface area contributed by atoms with Crippen LogP contribution in [0.5, 0.6) is 0 Å². The summed E-state index contributed by atoms with van der Waals surface area (Å²) >= 11 is 3.18. The Labute approximate surface area is 103 Å². The first-order valence-corrected chi connectivity index (χ1v) is 6.29. The molecule has 2 nitrogen and oxygen atoms in total. The van der Waals surface area contributed by atoms with Gasteiger partial charge in [-0.2, -0.15) is 0 Å². The maximum absolute atomic E-state index is 13.1. The number of hydrogen-bond donors (Lipinski definition) is 1. The topological polar surface area (TPSA) is 23.5 Å². The van der Waals surface area contributed by atoms with Crippen LogP contribution in [0, 0.1) is 5.82 Å². The van der Waals surface area contributed by atoms with Crippen LogP contribution >= 0.6 is 15.9 Å². The SMILES string of the molecule is OC[C@@H]1CCCN1Cc1ccc(F)c(Br)c1. The lowest BCUT2D eigenvalue weighted by molar-refractivity contribution is 0.153. The average Bonchev–Trinajstić information content (AvgIpc) is 2.71. The van der Waals surface area contributed by atoms with E-state index in [2.05, 4.69) is 20.8 Å². The summed E-state index contributed by atoms with van der Waals surface area (Å²) in [6, 6.07) is 5.35. The molecule has 2 rings (SSSR count). The second kappa shape index (κ2) is 5.25. The Kier molecular flexibility index (Phi) is 3.95. The van der Waals surface area contributed by atoms with E-state index in [0.717, 1.165) is 31.5 Å². The van der Waals surface area contributed by atoms with Gasteiger partial charge in [-0.05, 0) is 53.0 Å². The summed E-state index contributed by atoms with van der Waals surface area (Å²) < 4.78 is 13.6. The number of rotatable bonds is 3. The lowest BCUT2D eigenvalue weighted by Crippen LogP contribution is -2.31. The van der Waals surface area contributed by atoms with Crippen LogP contribution in [0.4, 0.5) is 4.39 Å². The van der Waals surface area contributed by atoms with E-state index in [1.807, 2.05) is 6.07 Å². The third-order valence-corrected chi connectivity index (χ3v) is 3.69. The summed E-state index contributed by atoms with van der Waals surface area (Å²) in [5.74, 6) is -0.233. The fourth-order valence-electron chi connectivity index (χ4n) is 2.18. The molecular weight excluding hydrogens is 273 g/mol. The van der Waals surface area contributed by atoms with E-state index in [-0.39, 0.29) is 18.5 Å². The van der Waals surface area contributed by atoms with Gasteiger partial charge < -0.3 is 5.11 Å². The van der Waals surface area contributed by atoms with E-state index in [9.17, 15) is 9.50 Å². The Morgan fingerprint density at radius 1 is 1.50 bits per heavy atom. The van der Waals surface area contributed by atoms with Crippen LogP contribution in [-0.2, 0) is 6.54 Å². The highest BCUT2D eigenvalue weighted by Crippen LogP contribution is 2.22. The highest BCUT2D eigenvalue weighted by molar-refractivity contribution is 9.10. The maximum Gasteiger partial charge on any atom is 0.137 e. The standard InChI is InChI=1S/C12H15BrFNO/c13-11-6-9(3-4-12(11)14)7-15-5-1-2-10(15)8-16/h3-4,6,10,16H,1-2,5,7-8H2/t10-/m0/s1. The van der Waals surface area contributed by atoms with E-state index in [0.29, 0.717) is 4.47 Å². The normalized spacial score (nSPS) is 21.6. The van der Waals surface area contributed by atoms with Crippen LogP contribution < -0.4 is 0 Å².